The minimum Gasteiger partial charge on any atom is -0.447 e. The van der Waals surface area contributed by atoms with E-state index in [-0.39, 0.29) is 24.7 Å². The van der Waals surface area contributed by atoms with Crippen LogP contribution in [-0.4, -0.2) is 36.1 Å². The van der Waals surface area contributed by atoms with Gasteiger partial charge in [0.05, 0.1) is 18.7 Å². The van der Waals surface area contributed by atoms with Gasteiger partial charge in [-0.2, -0.15) is 13.2 Å². The molecule has 0 radical (unpaired) electrons. The van der Waals surface area contributed by atoms with Crippen molar-refractivity contribution in [2.45, 2.75) is 32.7 Å². The maximum atomic E-state index is 13.2. The number of alkyl halides is 3. The van der Waals surface area contributed by atoms with Crippen molar-refractivity contribution in [3.8, 4) is 0 Å². The zero-order chi connectivity index (χ0) is 23.8. The van der Waals surface area contributed by atoms with E-state index < -0.39 is 11.7 Å². The number of nitrogens with one attached hydrogen (secondary N) is 1. The Bertz CT molecular complexity index is 1070. The van der Waals surface area contributed by atoms with E-state index >= 15 is 0 Å². The highest BCUT2D eigenvalue weighted by atomic mass is 19.4. The molecule has 1 aromatic heterocycles. The summed E-state index contributed by atoms with van der Waals surface area (Å²) in [4.78, 5) is 18.3. The standard InChI is InChI=1S/C24H26F3N3O3/c1-17-6-3-4-8-19(17)14-30(13-18-7-5-9-20(12-18)24(25,26)27)15-22-29-21(16-33-22)23(31)28-10-11-32-2/h3-9,12,16H,10-11,13-15H2,1-2H3,(H,28,31). The van der Waals surface area contributed by atoms with Gasteiger partial charge in [0, 0.05) is 26.7 Å². The Morgan fingerprint density at radius 3 is 2.64 bits per heavy atom. The Morgan fingerprint density at radius 2 is 1.91 bits per heavy atom. The Balaban J connectivity index is 1.78. The van der Waals surface area contributed by atoms with Crippen LogP contribution in [0.2, 0.25) is 0 Å². The van der Waals surface area contributed by atoms with E-state index in [2.05, 4.69) is 10.3 Å². The smallest absolute Gasteiger partial charge is 0.416 e. The molecule has 0 saturated carbocycles. The van der Waals surface area contributed by atoms with Gasteiger partial charge in [-0.05, 0) is 29.7 Å². The van der Waals surface area contributed by atoms with E-state index in [0.29, 0.717) is 31.2 Å². The molecule has 2 aromatic carbocycles. The first-order chi connectivity index (χ1) is 15.8. The van der Waals surface area contributed by atoms with E-state index in [0.717, 1.165) is 23.3 Å². The lowest BCUT2D eigenvalue weighted by Crippen LogP contribution is -2.27. The number of oxazole rings is 1. The molecule has 0 aliphatic heterocycles. The van der Waals surface area contributed by atoms with Crippen LogP contribution in [0.25, 0.3) is 0 Å². The largest absolute Gasteiger partial charge is 0.447 e. The van der Waals surface area contributed by atoms with Crippen molar-refractivity contribution in [2.24, 2.45) is 0 Å². The molecule has 0 saturated heterocycles. The number of aryl methyl sites for hydroxylation is 1. The predicted molar refractivity (Wildman–Crippen MR) is 116 cm³/mol. The van der Waals surface area contributed by atoms with Gasteiger partial charge < -0.3 is 14.5 Å². The fourth-order valence-electron chi connectivity index (χ4n) is 3.34. The summed E-state index contributed by atoms with van der Waals surface area (Å²) in [5, 5.41) is 2.67. The summed E-state index contributed by atoms with van der Waals surface area (Å²) in [6.07, 6.45) is -3.14. The molecule has 0 bridgehead atoms. The third kappa shape index (κ3) is 7.16. The van der Waals surface area contributed by atoms with Crippen molar-refractivity contribution in [3.63, 3.8) is 0 Å². The SMILES string of the molecule is COCCNC(=O)c1coc(CN(Cc2cccc(C(F)(F)F)c2)Cc2ccccc2C)n1. The second kappa shape index (κ2) is 11.1. The zero-order valence-corrected chi connectivity index (χ0v) is 18.5. The van der Waals surface area contributed by atoms with E-state index in [9.17, 15) is 18.0 Å². The second-order valence-corrected chi connectivity index (χ2v) is 7.64. The van der Waals surface area contributed by atoms with Gasteiger partial charge in [-0.1, -0.05) is 42.5 Å². The highest BCUT2D eigenvalue weighted by Crippen LogP contribution is 2.30. The Kier molecular flexibility index (Phi) is 8.24. The van der Waals surface area contributed by atoms with E-state index in [1.54, 1.807) is 6.07 Å². The fourth-order valence-corrected chi connectivity index (χ4v) is 3.34. The minimum absolute atomic E-state index is 0.135. The molecular weight excluding hydrogens is 435 g/mol. The van der Waals surface area contributed by atoms with Crippen LogP contribution in [0.3, 0.4) is 0 Å². The lowest BCUT2D eigenvalue weighted by molar-refractivity contribution is -0.137. The van der Waals surface area contributed by atoms with E-state index in [4.69, 9.17) is 9.15 Å². The van der Waals surface area contributed by atoms with Gasteiger partial charge in [-0.15, -0.1) is 0 Å². The van der Waals surface area contributed by atoms with Crippen molar-refractivity contribution < 1.29 is 27.1 Å². The van der Waals surface area contributed by atoms with Gasteiger partial charge in [-0.25, -0.2) is 4.98 Å². The van der Waals surface area contributed by atoms with E-state index in [1.807, 2.05) is 36.1 Å². The molecule has 0 unspecified atom stereocenters. The summed E-state index contributed by atoms with van der Waals surface area (Å²) >= 11 is 0. The predicted octanol–water partition coefficient (Wildman–Crippen LogP) is 4.58. The van der Waals surface area contributed by atoms with E-state index in [1.165, 1.54) is 19.4 Å². The van der Waals surface area contributed by atoms with Crippen LogP contribution in [0.1, 0.15) is 38.6 Å². The summed E-state index contributed by atoms with van der Waals surface area (Å²) in [5.41, 5.74) is 2.06. The van der Waals surface area contributed by atoms with Crippen LogP contribution in [0, 0.1) is 6.92 Å². The van der Waals surface area contributed by atoms with Crippen molar-refractivity contribution in [3.05, 3.63) is 88.6 Å². The molecule has 3 rings (SSSR count). The normalized spacial score (nSPS) is 11.7. The molecule has 3 aromatic rings. The molecule has 0 atom stereocenters. The molecule has 1 N–H and O–H groups in total. The van der Waals surface area contributed by atoms with Crippen LogP contribution in [0.15, 0.2) is 59.2 Å². The highest BCUT2D eigenvalue weighted by Gasteiger charge is 2.30. The summed E-state index contributed by atoms with van der Waals surface area (Å²) in [6.45, 7) is 3.63. The third-order valence-electron chi connectivity index (χ3n) is 5.05. The topological polar surface area (TPSA) is 67.6 Å². The van der Waals surface area contributed by atoms with Crippen molar-refractivity contribution in [1.29, 1.82) is 0 Å². The second-order valence-electron chi connectivity index (χ2n) is 7.64. The van der Waals surface area contributed by atoms with Crippen molar-refractivity contribution in [1.82, 2.24) is 15.2 Å². The molecule has 1 heterocycles. The van der Waals surface area contributed by atoms with Gasteiger partial charge >= 0.3 is 6.18 Å². The fraction of sp³-hybridized carbons (Fsp3) is 0.333. The average Bonchev–Trinajstić information content (AvgIpc) is 3.24. The molecule has 33 heavy (non-hydrogen) atoms. The number of benzene rings is 2. The minimum atomic E-state index is -4.41. The number of amides is 1. The zero-order valence-electron chi connectivity index (χ0n) is 18.5. The van der Waals surface area contributed by atoms with Gasteiger partial charge in [-0.3, -0.25) is 9.69 Å². The maximum Gasteiger partial charge on any atom is 0.416 e. The number of aromatic nitrogens is 1. The Morgan fingerprint density at radius 1 is 1.12 bits per heavy atom. The van der Waals surface area contributed by atoms with Crippen LogP contribution in [-0.2, 0) is 30.5 Å². The summed E-state index contributed by atoms with van der Waals surface area (Å²) < 4.78 is 49.9. The lowest BCUT2D eigenvalue weighted by atomic mass is 10.1. The summed E-state index contributed by atoms with van der Waals surface area (Å²) in [5.74, 6) is -0.0853. The third-order valence-corrected chi connectivity index (χ3v) is 5.05. The first kappa shape index (κ1) is 24.5. The molecule has 0 spiro atoms. The lowest BCUT2D eigenvalue weighted by Gasteiger charge is -2.22. The first-order valence-corrected chi connectivity index (χ1v) is 10.4. The number of nitrogens with zero attached hydrogens (tertiary/aromatic N) is 2. The van der Waals surface area contributed by atoms with Gasteiger partial charge in [0.25, 0.3) is 5.91 Å². The molecule has 1 amide bonds. The number of rotatable bonds is 10. The van der Waals surface area contributed by atoms with Crippen LogP contribution < -0.4 is 5.32 Å². The number of methoxy groups -OCH3 is 1. The van der Waals surface area contributed by atoms with Gasteiger partial charge in [0.2, 0.25) is 5.89 Å². The molecular formula is C24H26F3N3O3. The Labute approximate surface area is 190 Å². The van der Waals surface area contributed by atoms with Crippen LogP contribution in [0.4, 0.5) is 13.2 Å². The molecule has 176 valence electrons. The molecule has 0 aliphatic carbocycles. The van der Waals surface area contributed by atoms with Crippen molar-refractivity contribution in [2.75, 3.05) is 20.3 Å². The molecule has 0 aliphatic rings. The number of halogens is 3. The maximum absolute atomic E-state index is 13.2. The van der Waals surface area contributed by atoms with Crippen LogP contribution in [0.5, 0.6) is 0 Å². The average molecular weight is 461 g/mol. The first-order valence-electron chi connectivity index (χ1n) is 10.4. The molecule has 6 nitrogen and oxygen atoms in total. The summed E-state index contributed by atoms with van der Waals surface area (Å²) in [7, 11) is 1.54. The number of ether oxygens (including phenoxy) is 1. The van der Waals surface area contributed by atoms with Gasteiger partial charge in [0.1, 0.15) is 6.26 Å². The monoisotopic (exact) mass is 461 g/mol. The summed E-state index contributed by atoms with van der Waals surface area (Å²) in [6, 6.07) is 13.1. The van der Waals surface area contributed by atoms with Crippen LogP contribution >= 0.6 is 0 Å². The number of hydrogen-bond donors (Lipinski definition) is 1. The highest BCUT2D eigenvalue weighted by molar-refractivity contribution is 5.91. The number of hydrogen-bond acceptors (Lipinski definition) is 5. The number of carbonyl (C=O) groups is 1. The van der Waals surface area contributed by atoms with Crippen molar-refractivity contribution >= 4 is 5.91 Å². The molecule has 0 fully saturated rings. The quantitative estimate of drug-likeness (QED) is 0.448. The Hall–Kier alpha value is -3.17. The molecule has 9 heteroatoms. The number of carbonyl (C=O) groups excluding carboxylic acids is 1. The van der Waals surface area contributed by atoms with Gasteiger partial charge in [0.15, 0.2) is 5.69 Å².